The molecular weight excluding hydrogens is 347 g/mol. The van der Waals surface area contributed by atoms with E-state index >= 15 is 0 Å². The van der Waals surface area contributed by atoms with Crippen LogP contribution < -0.4 is 4.74 Å². The SMILES string of the molecule is COc1cccc(CCC(=O)N2CCN(C(=O)c3ccc(F)cc3)CC2)c1. The van der Waals surface area contributed by atoms with E-state index in [0.717, 1.165) is 11.3 Å². The predicted molar refractivity (Wildman–Crippen MR) is 100 cm³/mol. The van der Waals surface area contributed by atoms with Crippen molar-refractivity contribution in [3.8, 4) is 5.75 Å². The molecule has 142 valence electrons. The molecule has 1 heterocycles. The van der Waals surface area contributed by atoms with Crippen LogP contribution in [0.15, 0.2) is 48.5 Å². The number of aryl methyl sites for hydroxylation is 1. The monoisotopic (exact) mass is 370 g/mol. The van der Waals surface area contributed by atoms with Gasteiger partial charge in [0.15, 0.2) is 0 Å². The van der Waals surface area contributed by atoms with Crippen LogP contribution in [-0.4, -0.2) is 54.9 Å². The average Bonchev–Trinajstić information content (AvgIpc) is 2.72. The molecule has 0 aliphatic carbocycles. The van der Waals surface area contributed by atoms with Crippen LogP contribution in [0.5, 0.6) is 5.75 Å². The molecule has 0 bridgehead atoms. The number of nitrogens with zero attached hydrogens (tertiary/aromatic N) is 2. The maximum absolute atomic E-state index is 13.0. The molecule has 27 heavy (non-hydrogen) atoms. The van der Waals surface area contributed by atoms with Gasteiger partial charge in [-0.25, -0.2) is 4.39 Å². The highest BCUT2D eigenvalue weighted by Crippen LogP contribution is 2.15. The summed E-state index contributed by atoms with van der Waals surface area (Å²) in [6.07, 6.45) is 1.09. The molecule has 0 spiro atoms. The van der Waals surface area contributed by atoms with E-state index in [1.807, 2.05) is 24.3 Å². The molecule has 0 saturated carbocycles. The lowest BCUT2D eigenvalue weighted by Gasteiger charge is -2.35. The Balaban J connectivity index is 1.48. The number of amides is 2. The molecule has 0 unspecified atom stereocenters. The smallest absolute Gasteiger partial charge is 0.253 e. The molecule has 3 rings (SSSR count). The lowest BCUT2D eigenvalue weighted by molar-refractivity contribution is -0.132. The van der Waals surface area contributed by atoms with Gasteiger partial charge >= 0.3 is 0 Å². The summed E-state index contributed by atoms with van der Waals surface area (Å²) in [6, 6.07) is 13.3. The Kier molecular flexibility index (Phi) is 6.06. The summed E-state index contributed by atoms with van der Waals surface area (Å²) in [5.41, 5.74) is 1.53. The molecule has 5 nitrogen and oxygen atoms in total. The number of hydrogen-bond donors (Lipinski definition) is 0. The third-order valence-electron chi connectivity index (χ3n) is 4.77. The van der Waals surface area contributed by atoms with Crippen molar-refractivity contribution in [1.82, 2.24) is 9.80 Å². The van der Waals surface area contributed by atoms with Gasteiger partial charge in [0.05, 0.1) is 7.11 Å². The largest absolute Gasteiger partial charge is 0.497 e. The van der Waals surface area contributed by atoms with Crippen molar-refractivity contribution >= 4 is 11.8 Å². The fourth-order valence-electron chi connectivity index (χ4n) is 3.17. The minimum Gasteiger partial charge on any atom is -0.497 e. The normalized spacial score (nSPS) is 14.1. The van der Waals surface area contributed by atoms with Crippen LogP contribution in [0.2, 0.25) is 0 Å². The van der Waals surface area contributed by atoms with Gasteiger partial charge in [-0.05, 0) is 48.4 Å². The van der Waals surface area contributed by atoms with Crippen LogP contribution >= 0.6 is 0 Å². The molecule has 1 fully saturated rings. The molecular formula is C21H23FN2O3. The van der Waals surface area contributed by atoms with Crippen LogP contribution in [0.4, 0.5) is 4.39 Å². The summed E-state index contributed by atoms with van der Waals surface area (Å²) >= 11 is 0. The van der Waals surface area contributed by atoms with E-state index in [-0.39, 0.29) is 17.6 Å². The first-order valence-electron chi connectivity index (χ1n) is 9.02. The number of halogens is 1. The van der Waals surface area contributed by atoms with Crippen LogP contribution in [0, 0.1) is 5.82 Å². The summed E-state index contributed by atoms with van der Waals surface area (Å²) in [7, 11) is 1.62. The first kappa shape index (κ1) is 18.9. The Hall–Kier alpha value is -2.89. The zero-order valence-corrected chi connectivity index (χ0v) is 15.4. The van der Waals surface area contributed by atoms with Gasteiger partial charge in [0.1, 0.15) is 11.6 Å². The van der Waals surface area contributed by atoms with E-state index in [1.54, 1.807) is 16.9 Å². The lowest BCUT2D eigenvalue weighted by Crippen LogP contribution is -2.50. The third-order valence-corrected chi connectivity index (χ3v) is 4.77. The molecule has 1 aliphatic heterocycles. The van der Waals surface area contributed by atoms with Gasteiger partial charge in [0, 0.05) is 38.2 Å². The second-order valence-electron chi connectivity index (χ2n) is 6.53. The highest BCUT2D eigenvalue weighted by Gasteiger charge is 2.24. The summed E-state index contributed by atoms with van der Waals surface area (Å²) in [5, 5.41) is 0. The maximum atomic E-state index is 13.0. The number of benzene rings is 2. The summed E-state index contributed by atoms with van der Waals surface area (Å²) in [4.78, 5) is 28.4. The molecule has 6 heteroatoms. The van der Waals surface area contributed by atoms with E-state index < -0.39 is 0 Å². The average molecular weight is 370 g/mol. The summed E-state index contributed by atoms with van der Waals surface area (Å²) in [5.74, 6) is 0.385. The first-order chi connectivity index (χ1) is 13.1. The minimum absolute atomic E-state index is 0.0895. The molecule has 1 aliphatic rings. The third kappa shape index (κ3) is 4.84. The van der Waals surface area contributed by atoms with Crippen molar-refractivity contribution in [1.29, 1.82) is 0 Å². The molecule has 2 aromatic rings. The van der Waals surface area contributed by atoms with E-state index in [0.29, 0.717) is 44.6 Å². The number of ether oxygens (including phenoxy) is 1. The highest BCUT2D eigenvalue weighted by atomic mass is 19.1. The molecule has 2 amide bonds. The van der Waals surface area contributed by atoms with Gasteiger partial charge in [-0.2, -0.15) is 0 Å². The number of rotatable bonds is 5. The fraction of sp³-hybridized carbons (Fsp3) is 0.333. The van der Waals surface area contributed by atoms with Crippen molar-refractivity contribution in [2.45, 2.75) is 12.8 Å². The minimum atomic E-state index is -0.363. The Morgan fingerprint density at radius 1 is 1.00 bits per heavy atom. The highest BCUT2D eigenvalue weighted by molar-refractivity contribution is 5.94. The molecule has 2 aromatic carbocycles. The topological polar surface area (TPSA) is 49.9 Å². The van der Waals surface area contributed by atoms with E-state index in [4.69, 9.17) is 4.74 Å². The van der Waals surface area contributed by atoms with Gasteiger partial charge in [0.2, 0.25) is 5.91 Å². The fourth-order valence-corrected chi connectivity index (χ4v) is 3.17. The predicted octanol–water partition coefficient (Wildman–Crippen LogP) is 2.75. The molecule has 0 atom stereocenters. The maximum Gasteiger partial charge on any atom is 0.253 e. The Morgan fingerprint density at radius 2 is 1.67 bits per heavy atom. The first-order valence-corrected chi connectivity index (χ1v) is 9.02. The number of hydrogen-bond acceptors (Lipinski definition) is 3. The standard InChI is InChI=1S/C21H23FN2O3/c1-27-19-4-2-3-16(15-19)5-10-20(25)23-11-13-24(14-12-23)21(26)17-6-8-18(22)9-7-17/h2-4,6-9,15H,5,10-14H2,1H3. The van der Waals surface area contributed by atoms with Gasteiger partial charge in [-0.15, -0.1) is 0 Å². The van der Waals surface area contributed by atoms with Crippen LogP contribution in [0.1, 0.15) is 22.3 Å². The summed E-state index contributed by atoms with van der Waals surface area (Å²) < 4.78 is 18.2. The van der Waals surface area contributed by atoms with Crippen molar-refractivity contribution in [3.63, 3.8) is 0 Å². The van der Waals surface area contributed by atoms with Gasteiger partial charge in [0.25, 0.3) is 5.91 Å². The lowest BCUT2D eigenvalue weighted by atomic mass is 10.1. The van der Waals surface area contributed by atoms with Crippen LogP contribution in [0.3, 0.4) is 0 Å². The van der Waals surface area contributed by atoms with Crippen molar-refractivity contribution in [3.05, 3.63) is 65.5 Å². The van der Waals surface area contributed by atoms with Gasteiger partial charge in [-0.1, -0.05) is 12.1 Å². The number of methoxy groups -OCH3 is 1. The number of carbonyl (C=O) groups excluding carboxylic acids is 2. The Labute approximate surface area is 158 Å². The number of carbonyl (C=O) groups is 2. The Bertz CT molecular complexity index is 799. The second kappa shape index (κ2) is 8.66. The van der Waals surface area contributed by atoms with E-state index in [2.05, 4.69) is 0 Å². The summed E-state index contributed by atoms with van der Waals surface area (Å²) in [6.45, 7) is 2.01. The second-order valence-corrected chi connectivity index (χ2v) is 6.53. The van der Waals surface area contributed by atoms with Gasteiger partial charge < -0.3 is 14.5 Å². The zero-order valence-electron chi connectivity index (χ0n) is 15.4. The quantitative estimate of drug-likeness (QED) is 0.813. The van der Waals surface area contributed by atoms with E-state index in [1.165, 1.54) is 24.3 Å². The van der Waals surface area contributed by atoms with Crippen molar-refractivity contribution in [2.24, 2.45) is 0 Å². The molecule has 0 aromatic heterocycles. The van der Waals surface area contributed by atoms with Crippen molar-refractivity contribution in [2.75, 3.05) is 33.3 Å². The van der Waals surface area contributed by atoms with Crippen molar-refractivity contribution < 1.29 is 18.7 Å². The molecule has 1 saturated heterocycles. The van der Waals surface area contributed by atoms with E-state index in [9.17, 15) is 14.0 Å². The molecule has 0 radical (unpaired) electrons. The van der Waals surface area contributed by atoms with Gasteiger partial charge in [-0.3, -0.25) is 9.59 Å². The van der Waals surface area contributed by atoms with Crippen LogP contribution in [0.25, 0.3) is 0 Å². The van der Waals surface area contributed by atoms with Crippen LogP contribution in [-0.2, 0) is 11.2 Å². The Morgan fingerprint density at radius 3 is 2.33 bits per heavy atom. The zero-order chi connectivity index (χ0) is 19.2. The molecule has 0 N–H and O–H groups in total. The number of piperazine rings is 1.